The largest absolute Gasteiger partial charge is 0.448 e. The molecule has 4 rings (SSSR count). The number of carbonyl (C=O) groups is 4. The average Bonchev–Trinajstić information content (AvgIpc) is 3.19. The van der Waals surface area contributed by atoms with Crippen molar-refractivity contribution in [1.29, 1.82) is 0 Å². The van der Waals surface area contributed by atoms with Gasteiger partial charge in [0.05, 0.1) is 37.4 Å². The Bertz CT molecular complexity index is 1620. The molecule has 13 nitrogen and oxygen atoms in total. The average molecular weight is 760 g/mol. The van der Waals surface area contributed by atoms with Crippen molar-refractivity contribution in [3.63, 3.8) is 0 Å². The lowest BCUT2D eigenvalue weighted by molar-refractivity contribution is -0.137. The number of nitrogens with two attached hydrogens (primary N) is 1. The van der Waals surface area contributed by atoms with Gasteiger partial charge >= 0.3 is 12.2 Å². The summed E-state index contributed by atoms with van der Waals surface area (Å²) in [7, 11) is 0. The smallest absolute Gasteiger partial charge is 0.416 e. The number of hydrogen-bond donors (Lipinski definition) is 4. The number of benzene rings is 3. The minimum absolute atomic E-state index is 0.0000279. The molecule has 5 N–H and O–H groups in total. The SMILES string of the molecule is CC(C)[C@H](N)C(=O)N(C(=O)OCCN1CCOCC1)C(Cc1ccccc1)C(O)C(Cc1ccccc1)NC(=O)[C@@H](NC(=O)OCc1ccccc1)C(C)C. The minimum atomic E-state index is -1.52. The first kappa shape index (κ1) is 42.9. The second kappa shape index (κ2) is 21.9. The molecule has 3 aromatic rings. The van der Waals surface area contributed by atoms with Crippen LogP contribution in [0.2, 0.25) is 0 Å². The van der Waals surface area contributed by atoms with Crippen molar-refractivity contribution >= 4 is 24.0 Å². The Labute approximate surface area is 324 Å². The van der Waals surface area contributed by atoms with Gasteiger partial charge < -0.3 is 35.7 Å². The van der Waals surface area contributed by atoms with E-state index in [0.29, 0.717) is 32.8 Å². The zero-order valence-corrected chi connectivity index (χ0v) is 32.3. The lowest BCUT2D eigenvalue weighted by Gasteiger charge is -2.38. The fourth-order valence-electron chi connectivity index (χ4n) is 6.30. The van der Waals surface area contributed by atoms with Gasteiger partial charge in [0.15, 0.2) is 0 Å². The number of ether oxygens (including phenoxy) is 3. The van der Waals surface area contributed by atoms with Crippen LogP contribution in [0.25, 0.3) is 0 Å². The van der Waals surface area contributed by atoms with Gasteiger partial charge in [-0.3, -0.25) is 14.5 Å². The normalized spacial score (nSPS) is 16.0. The summed E-state index contributed by atoms with van der Waals surface area (Å²) in [6, 6.07) is 23.2. The van der Waals surface area contributed by atoms with Gasteiger partial charge in [0.1, 0.15) is 19.3 Å². The summed E-state index contributed by atoms with van der Waals surface area (Å²) in [6.07, 6.45) is -3.07. The van der Waals surface area contributed by atoms with E-state index in [0.717, 1.165) is 21.6 Å². The molecule has 1 heterocycles. The Morgan fingerprint density at radius 3 is 1.87 bits per heavy atom. The van der Waals surface area contributed by atoms with Crippen molar-refractivity contribution in [2.24, 2.45) is 17.6 Å². The van der Waals surface area contributed by atoms with Crippen LogP contribution in [0.5, 0.6) is 0 Å². The molecule has 1 saturated heterocycles. The van der Waals surface area contributed by atoms with Gasteiger partial charge in [-0.2, -0.15) is 0 Å². The summed E-state index contributed by atoms with van der Waals surface area (Å²) in [6.45, 7) is 10.1. The standard InChI is InChI=1S/C42H57N5O8/c1-29(2)36(43)40(50)47(42(52)54-25-22-46-20-23-53-24-21-46)35(27-32-16-10-6-11-17-32)38(48)34(26-31-14-8-5-9-15-31)44-39(49)37(30(3)4)45-41(51)55-28-33-18-12-7-13-19-33/h5-19,29-30,34-38,48H,20-28,43H2,1-4H3,(H,44,49)(H,45,51)/t34?,35?,36-,37-,38?/m0/s1. The fraction of sp³-hybridized carbons (Fsp3) is 0.476. The number of carbonyl (C=O) groups excluding carboxylic acids is 4. The number of nitrogens with zero attached hydrogens (tertiary/aromatic N) is 2. The Morgan fingerprint density at radius 1 is 0.782 bits per heavy atom. The lowest BCUT2D eigenvalue weighted by atomic mass is 9.90. The highest BCUT2D eigenvalue weighted by molar-refractivity contribution is 5.95. The summed E-state index contributed by atoms with van der Waals surface area (Å²) in [5.41, 5.74) is 8.72. The van der Waals surface area contributed by atoms with Gasteiger partial charge in [-0.05, 0) is 41.4 Å². The molecule has 0 spiro atoms. The van der Waals surface area contributed by atoms with E-state index in [1.807, 2.05) is 91.0 Å². The van der Waals surface area contributed by atoms with Gasteiger partial charge in [0.2, 0.25) is 11.8 Å². The lowest BCUT2D eigenvalue weighted by Crippen LogP contribution is -2.63. The van der Waals surface area contributed by atoms with E-state index < -0.39 is 54.3 Å². The first-order valence-electron chi connectivity index (χ1n) is 19.0. The first-order valence-corrected chi connectivity index (χ1v) is 19.0. The molecule has 0 bridgehead atoms. The molecule has 5 atom stereocenters. The van der Waals surface area contributed by atoms with Crippen LogP contribution >= 0.6 is 0 Å². The molecular weight excluding hydrogens is 702 g/mol. The summed E-state index contributed by atoms with van der Waals surface area (Å²) in [5, 5.41) is 18.1. The molecule has 1 fully saturated rings. The van der Waals surface area contributed by atoms with Crippen LogP contribution in [-0.4, -0.2) is 109 Å². The van der Waals surface area contributed by atoms with Crippen LogP contribution < -0.4 is 16.4 Å². The summed E-state index contributed by atoms with van der Waals surface area (Å²) >= 11 is 0. The van der Waals surface area contributed by atoms with E-state index in [9.17, 15) is 24.3 Å². The number of amides is 4. The van der Waals surface area contributed by atoms with Crippen molar-refractivity contribution in [2.75, 3.05) is 39.5 Å². The van der Waals surface area contributed by atoms with Crippen molar-refractivity contribution in [3.05, 3.63) is 108 Å². The summed E-state index contributed by atoms with van der Waals surface area (Å²) in [5.74, 6) is -2.00. The second-order valence-electron chi connectivity index (χ2n) is 14.5. The number of imide groups is 1. The predicted molar refractivity (Wildman–Crippen MR) is 209 cm³/mol. The van der Waals surface area contributed by atoms with E-state index in [4.69, 9.17) is 19.9 Å². The third kappa shape index (κ3) is 13.5. The van der Waals surface area contributed by atoms with E-state index >= 15 is 0 Å². The number of aliphatic hydroxyl groups excluding tert-OH is 1. The Morgan fingerprint density at radius 2 is 1.33 bits per heavy atom. The van der Waals surface area contributed by atoms with E-state index in [1.54, 1.807) is 27.7 Å². The maximum atomic E-state index is 14.2. The number of rotatable bonds is 18. The van der Waals surface area contributed by atoms with Gasteiger partial charge in [-0.25, -0.2) is 14.5 Å². The molecule has 0 saturated carbocycles. The number of alkyl carbamates (subject to hydrolysis) is 1. The molecular formula is C42H57N5O8. The highest BCUT2D eigenvalue weighted by Crippen LogP contribution is 2.22. The van der Waals surface area contributed by atoms with Gasteiger partial charge in [0, 0.05) is 19.6 Å². The topological polar surface area (TPSA) is 173 Å². The Balaban J connectivity index is 1.66. The molecule has 0 radical (unpaired) electrons. The molecule has 1 aliphatic rings. The monoisotopic (exact) mass is 759 g/mol. The quantitative estimate of drug-likeness (QED) is 0.149. The predicted octanol–water partition coefficient (Wildman–Crippen LogP) is 3.92. The van der Waals surface area contributed by atoms with Crippen LogP contribution in [0.3, 0.4) is 0 Å². The van der Waals surface area contributed by atoms with Crippen LogP contribution in [-0.2, 0) is 43.2 Å². The van der Waals surface area contributed by atoms with Crippen molar-refractivity contribution < 1.29 is 38.5 Å². The third-order valence-electron chi connectivity index (χ3n) is 9.66. The fourth-order valence-corrected chi connectivity index (χ4v) is 6.30. The number of aliphatic hydroxyl groups is 1. The van der Waals surface area contributed by atoms with Crippen molar-refractivity contribution in [3.8, 4) is 0 Å². The molecule has 55 heavy (non-hydrogen) atoms. The van der Waals surface area contributed by atoms with Gasteiger partial charge in [-0.15, -0.1) is 0 Å². The van der Waals surface area contributed by atoms with E-state index in [-0.39, 0.29) is 37.9 Å². The maximum Gasteiger partial charge on any atom is 0.416 e. The molecule has 0 aliphatic carbocycles. The van der Waals surface area contributed by atoms with Gasteiger partial charge in [0.25, 0.3) is 0 Å². The molecule has 3 aromatic carbocycles. The van der Waals surface area contributed by atoms with E-state index in [1.165, 1.54) is 0 Å². The van der Waals surface area contributed by atoms with Gasteiger partial charge in [-0.1, -0.05) is 119 Å². The second-order valence-corrected chi connectivity index (χ2v) is 14.5. The molecule has 1 aliphatic heterocycles. The zero-order valence-electron chi connectivity index (χ0n) is 32.3. The molecule has 0 aromatic heterocycles. The zero-order chi connectivity index (χ0) is 39.7. The maximum absolute atomic E-state index is 14.2. The summed E-state index contributed by atoms with van der Waals surface area (Å²) < 4.78 is 16.6. The van der Waals surface area contributed by atoms with Crippen LogP contribution in [0.15, 0.2) is 91.0 Å². The first-order chi connectivity index (χ1) is 26.4. The van der Waals surface area contributed by atoms with Crippen LogP contribution in [0.1, 0.15) is 44.4 Å². The van der Waals surface area contributed by atoms with E-state index in [2.05, 4.69) is 15.5 Å². The minimum Gasteiger partial charge on any atom is -0.448 e. The van der Waals surface area contributed by atoms with Crippen molar-refractivity contribution in [1.82, 2.24) is 20.4 Å². The van der Waals surface area contributed by atoms with Crippen molar-refractivity contribution in [2.45, 2.75) is 77.4 Å². The molecule has 298 valence electrons. The molecule has 13 heteroatoms. The molecule has 3 unspecified atom stereocenters. The summed E-state index contributed by atoms with van der Waals surface area (Å²) in [4.78, 5) is 58.4. The highest BCUT2D eigenvalue weighted by atomic mass is 16.6. The Kier molecular flexibility index (Phi) is 17.1. The number of nitrogens with one attached hydrogen (secondary N) is 2. The van der Waals surface area contributed by atoms with Crippen LogP contribution in [0, 0.1) is 11.8 Å². The highest BCUT2D eigenvalue weighted by Gasteiger charge is 2.42. The number of hydrogen-bond acceptors (Lipinski definition) is 10. The third-order valence-corrected chi connectivity index (χ3v) is 9.66. The van der Waals surface area contributed by atoms with Crippen LogP contribution in [0.4, 0.5) is 9.59 Å². The molecule has 4 amide bonds. The number of morpholine rings is 1. The Hall–Kier alpha value is -4.82.